The predicted octanol–water partition coefficient (Wildman–Crippen LogP) is 6.28. The van der Waals surface area contributed by atoms with E-state index in [4.69, 9.17) is 16.6 Å². The Morgan fingerprint density at radius 3 is 2.37 bits per heavy atom. The van der Waals surface area contributed by atoms with E-state index in [-0.39, 0.29) is 0 Å². The topological polar surface area (TPSA) is 37.8 Å². The van der Waals surface area contributed by atoms with E-state index >= 15 is 0 Å². The Morgan fingerprint density at radius 2 is 1.67 bits per heavy atom. The number of pyridine rings is 2. The summed E-state index contributed by atoms with van der Waals surface area (Å²) in [6, 6.07) is 16.3. The van der Waals surface area contributed by atoms with E-state index < -0.39 is 0 Å². The molecule has 134 valence electrons. The average molecular weight is 374 g/mol. The van der Waals surface area contributed by atoms with Gasteiger partial charge in [0.25, 0.3) is 0 Å². The van der Waals surface area contributed by atoms with E-state index in [0.29, 0.717) is 0 Å². The summed E-state index contributed by atoms with van der Waals surface area (Å²) >= 11 is 6.55. The van der Waals surface area contributed by atoms with Gasteiger partial charge < -0.3 is 5.32 Å². The van der Waals surface area contributed by atoms with Gasteiger partial charge in [0, 0.05) is 35.4 Å². The fourth-order valence-corrected chi connectivity index (χ4v) is 3.98. The highest BCUT2D eigenvalue weighted by Gasteiger charge is 2.17. The predicted molar refractivity (Wildman–Crippen MR) is 114 cm³/mol. The minimum absolute atomic E-state index is 0.734. The van der Waals surface area contributed by atoms with Crippen molar-refractivity contribution in [2.24, 2.45) is 0 Å². The molecule has 0 aliphatic heterocycles. The second-order valence-corrected chi connectivity index (χ2v) is 7.02. The lowest BCUT2D eigenvalue weighted by atomic mass is 9.89. The first-order valence-electron chi connectivity index (χ1n) is 8.88. The lowest BCUT2D eigenvalue weighted by Crippen LogP contribution is -1.99. The maximum atomic E-state index is 6.55. The lowest BCUT2D eigenvalue weighted by molar-refractivity contribution is 1.30. The van der Waals surface area contributed by atoms with Crippen LogP contribution in [-0.4, -0.2) is 17.0 Å². The zero-order valence-corrected chi connectivity index (χ0v) is 16.3. The first kappa shape index (κ1) is 17.5. The van der Waals surface area contributed by atoms with E-state index in [1.54, 1.807) is 0 Å². The molecule has 1 N–H and O–H groups in total. The van der Waals surface area contributed by atoms with Crippen molar-refractivity contribution in [3.63, 3.8) is 0 Å². The summed E-state index contributed by atoms with van der Waals surface area (Å²) in [5.74, 6) is 0.827. The van der Waals surface area contributed by atoms with Gasteiger partial charge in [-0.15, -0.1) is 0 Å². The van der Waals surface area contributed by atoms with Crippen LogP contribution in [0.4, 0.5) is 5.82 Å². The lowest BCUT2D eigenvalue weighted by Gasteiger charge is -2.18. The van der Waals surface area contributed by atoms with Gasteiger partial charge in [-0.1, -0.05) is 29.8 Å². The molecule has 4 heteroatoms. The van der Waals surface area contributed by atoms with Crippen molar-refractivity contribution in [3.8, 4) is 22.3 Å². The molecule has 2 aromatic carbocycles. The third-order valence-corrected chi connectivity index (χ3v) is 5.26. The summed E-state index contributed by atoms with van der Waals surface area (Å²) in [6.07, 6.45) is 3.66. The van der Waals surface area contributed by atoms with Gasteiger partial charge in [0.2, 0.25) is 0 Å². The third-order valence-electron chi connectivity index (χ3n) is 4.93. The van der Waals surface area contributed by atoms with E-state index in [2.05, 4.69) is 42.3 Å². The van der Waals surface area contributed by atoms with Crippen LogP contribution in [0.25, 0.3) is 33.2 Å². The molecule has 0 saturated heterocycles. The third kappa shape index (κ3) is 3.04. The summed E-state index contributed by atoms with van der Waals surface area (Å²) in [5.41, 5.74) is 7.82. The quantitative estimate of drug-likeness (QED) is 0.459. The molecule has 0 radical (unpaired) electrons. The van der Waals surface area contributed by atoms with Crippen LogP contribution in [-0.2, 0) is 0 Å². The van der Waals surface area contributed by atoms with Crippen LogP contribution in [0.15, 0.2) is 60.9 Å². The Bertz CT molecular complexity index is 1140. The van der Waals surface area contributed by atoms with E-state index in [1.165, 1.54) is 16.7 Å². The first-order chi connectivity index (χ1) is 13.1. The van der Waals surface area contributed by atoms with Gasteiger partial charge in [-0.25, -0.2) is 4.98 Å². The zero-order chi connectivity index (χ0) is 19.0. The SMILES string of the molecule is CNc1cc(-c2ccccc2Cl)c2c(C)c(-c3ccncc3)c(C)cc2n1. The van der Waals surface area contributed by atoms with Crippen LogP contribution in [0.5, 0.6) is 0 Å². The molecule has 2 aromatic heterocycles. The molecule has 0 aliphatic carbocycles. The van der Waals surface area contributed by atoms with E-state index in [0.717, 1.165) is 38.4 Å². The Morgan fingerprint density at radius 1 is 0.926 bits per heavy atom. The molecule has 0 spiro atoms. The molecule has 0 bridgehead atoms. The molecule has 2 heterocycles. The Kier molecular flexibility index (Phi) is 4.54. The summed E-state index contributed by atoms with van der Waals surface area (Å²) in [6.45, 7) is 4.29. The van der Waals surface area contributed by atoms with Crippen molar-refractivity contribution in [1.29, 1.82) is 0 Å². The number of anilines is 1. The monoisotopic (exact) mass is 373 g/mol. The molecule has 4 rings (SSSR count). The fraction of sp³-hybridized carbons (Fsp3) is 0.130. The number of nitrogens with one attached hydrogen (secondary N) is 1. The van der Waals surface area contributed by atoms with Crippen LogP contribution >= 0.6 is 11.6 Å². The molecule has 0 atom stereocenters. The molecular weight excluding hydrogens is 354 g/mol. The van der Waals surface area contributed by atoms with Crippen LogP contribution in [0.3, 0.4) is 0 Å². The van der Waals surface area contributed by atoms with Gasteiger partial charge in [0.05, 0.1) is 5.52 Å². The standard InChI is InChI=1S/C23H20ClN3/c1-14-12-20-23(15(2)22(14)16-8-10-26-11-9-16)18(13-21(25-3)27-20)17-6-4-5-7-19(17)24/h4-13H,1-3H3,(H,25,27). The minimum Gasteiger partial charge on any atom is -0.373 e. The maximum Gasteiger partial charge on any atom is 0.127 e. The van der Waals surface area contributed by atoms with E-state index in [9.17, 15) is 0 Å². The van der Waals surface area contributed by atoms with Crippen LogP contribution in [0, 0.1) is 13.8 Å². The highest BCUT2D eigenvalue weighted by Crippen LogP contribution is 2.40. The van der Waals surface area contributed by atoms with Crippen molar-refractivity contribution in [3.05, 3.63) is 77.1 Å². The normalized spacial score (nSPS) is 11.0. The number of halogens is 1. The van der Waals surface area contributed by atoms with Crippen LogP contribution in [0.1, 0.15) is 11.1 Å². The summed E-state index contributed by atoms with van der Waals surface area (Å²) in [5, 5.41) is 5.03. The largest absolute Gasteiger partial charge is 0.373 e. The maximum absolute atomic E-state index is 6.55. The number of aromatic nitrogens is 2. The Labute approximate surface area is 164 Å². The van der Waals surface area contributed by atoms with Crippen LogP contribution < -0.4 is 5.32 Å². The molecule has 4 aromatic rings. The number of benzene rings is 2. The zero-order valence-electron chi connectivity index (χ0n) is 15.5. The molecule has 0 fully saturated rings. The summed E-state index contributed by atoms with van der Waals surface area (Å²) < 4.78 is 0. The van der Waals surface area contributed by atoms with Crippen LogP contribution in [0.2, 0.25) is 5.02 Å². The molecule has 3 nitrogen and oxygen atoms in total. The highest BCUT2D eigenvalue weighted by atomic mass is 35.5. The van der Waals surface area contributed by atoms with Gasteiger partial charge in [-0.05, 0) is 72.0 Å². The van der Waals surface area contributed by atoms with Gasteiger partial charge in [-0.2, -0.15) is 0 Å². The van der Waals surface area contributed by atoms with Crippen molar-refractivity contribution in [2.45, 2.75) is 13.8 Å². The van der Waals surface area contributed by atoms with E-state index in [1.807, 2.05) is 49.8 Å². The second kappa shape index (κ2) is 7.01. The molecule has 0 aliphatic rings. The molecule has 27 heavy (non-hydrogen) atoms. The Hall–Kier alpha value is -2.91. The minimum atomic E-state index is 0.734. The first-order valence-corrected chi connectivity index (χ1v) is 9.26. The van der Waals surface area contributed by atoms with Gasteiger partial charge in [-0.3, -0.25) is 4.98 Å². The van der Waals surface area contributed by atoms with Crippen molar-refractivity contribution < 1.29 is 0 Å². The molecule has 0 unspecified atom stereocenters. The number of aryl methyl sites for hydroxylation is 2. The smallest absolute Gasteiger partial charge is 0.127 e. The number of nitrogens with zero attached hydrogens (tertiary/aromatic N) is 2. The van der Waals surface area contributed by atoms with Gasteiger partial charge in [0.15, 0.2) is 0 Å². The molecular formula is C23H20ClN3. The molecule has 0 saturated carbocycles. The van der Waals surface area contributed by atoms with Crippen molar-refractivity contribution in [1.82, 2.24) is 9.97 Å². The number of hydrogen-bond acceptors (Lipinski definition) is 3. The summed E-state index contributed by atoms with van der Waals surface area (Å²) in [7, 11) is 1.88. The van der Waals surface area contributed by atoms with Crippen molar-refractivity contribution in [2.75, 3.05) is 12.4 Å². The highest BCUT2D eigenvalue weighted by molar-refractivity contribution is 6.33. The number of rotatable bonds is 3. The average Bonchev–Trinajstić information content (AvgIpc) is 2.68. The Balaban J connectivity index is 2.13. The summed E-state index contributed by atoms with van der Waals surface area (Å²) in [4.78, 5) is 8.95. The second-order valence-electron chi connectivity index (χ2n) is 6.61. The van der Waals surface area contributed by atoms with Gasteiger partial charge in [0.1, 0.15) is 5.82 Å². The fourth-order valence-electron chi connectivity index (χ4n) is 3.74. The van der Waals surface area contributed by atoms with Gasteiger partial charge >= 0.3 is 0 Å². The number of fused-ring (bicyclic) bond motifs is 1. The number of hydrogen-bond donors (Lipinski definition) is 1. The van der Waals surface area contributed by atoms with Crippen molar-refractivity contribution >= 4 is 28.3 Å². The molecule has 0 amide bonds.